The number of amides is 1. The summed E-state index contributed by atoms with van der Waals surface area (Å²) in [5.74, 6) is 1.70. The van der Waals surface area contributed by atoms with E-state index in [9.17, 15) is 4.79 Å². The lowest BCUT2D eigenvalue weighted by atomic mass is 9.85. The van der Waals surface area contributed by atoms with E-state index < -0.39 is 0 Å². The van der Waals surface area contributed by atoms with E-state index in [2.05, 4.69) is 47.3 Å². The first-order valence-electron chi connectivity index (χ1n) is 10.4. The average molecular weight is 521 g/mol. The third-order valence-electron chi connectivity index (χ3n) is 4.85. The van der Waals surface area contributed by atoms with Gasteiger partial charge < -0.3 is 16.0 Å². The van der Waals surface area contributed by atoms with Crippen molar-refractivity contribution in [2.75, 3.05) is 13.1 Å². The SMILES string of the molecule is CCNC(=NCC(C)Cc1cccs1)NC1CCCC(C(=O)NC(C)C)C1.I. The van der Waals surface area contributed by atoms with E-state index in [1.54, 1.807) is 0 Å². The van der Waals surface area contributed by atoms with Crippen molar-refractivity contribution in [3.63, 3.8) is 0 Å². The van der Waals surface area contributed by atoms with Crippen LogP contribution in [0.25, 0.3) is 0 Å². The molecule has 1 aliphatic rings. The molecule has 3 unspecified atom stereocenters. The summed E-state index contributed by atoms with van der Waals surface area (Å²) in [6, 6.07) is 4.82. The predicted molar refractivity (Wildman–Crippen MR) is 131 cm³/mol. The summed E-state index contributed by atoms with van der Waals surface area (Å²) < 4.78 is 0. The second-order valence-electron chi connectivity index (χ2n) is 7.98. The molecular formula is C21H37IN4OS. The molecule has 1 aromatic heterocycles. The van der Waals surface area contributed by atoms with Crippen LogP contribution >= 0.6 is 35.3 Å². The Morgan fingerprint density at radius 2 is 2.11 bits per heavy atom. The normalized spacial score (nSPS) is 21.0. The highest BCUT2D eigenvalue weighted by atomic mass is 127. The van der Waals surface area contributed by atoms with Crippen LogP contribution in [0.4, 0.5) is 0 Å². The molecule has 5 nitrogen and oxygen atoms in total. The summed E-state index contributed by atoms with van der Waals surface area (Å²) in [5.41, 5.74) is 0. The van der Waals surface area contributed by atoms with Crippen molar-refractivity contribution >= 4 is 47.2 Å². The van der Waals surface area contributed by atoms with Crippen LogP contribution in [0.2, 0.25) is 0 Å². The Labute approximate surface area is 191 Å². The van der Waals surface area contributed by atoms with Crippen LogP contribution in [0.5, 0.6) is 0 Å². The highest BCUT2D eigenvalue weighted by Crippen LogP contribution is 2.24. The third-order valence-corrected chi connectivity index (χ3v) is 5.75. The number of thiophene rings is 1. The summed E-state index contributed by atoms with van der Waals surface area (Å²) in [6.45, 7) is 10.0. The molecule has 2 rings (SSSR count). The Hall–Kier alpha value is -0.830. The van der Waals surface area contributed by atoms with E-state index >= 15 is 0 Å². The van der Waals surface area contributed by atoms with Gasteiger partial charge in [0.15, 0.2) is 5.96 Å². The molecule has 0 radical (unpaired) electrons. The lowest BCUT2D eigenvalue weighted by Gasteiger charge is -2.30. The Morgan fingerprint density at radius 3 is 2.75 bits per heavy atom. The summed E-state index contributed by atoms with van der Waals surface area (Å²) >= 11 is 1.81. The van der Waals surface area contributed by atoms with E-state index in [1.165, 1.54) is 4.88 Å². The fourth-order valence-electron chi connectivity index (χ4n) is 3.56. The first-order valence-corrected chi connectivity index (χ1v) is 11.2. The molecular weight excluding hydrogens is 483 g/mol. The molecule has 1 amide bonds. The molecule has 0 bridgehead atoms. The minimum absolute atomic E-state index is 0. The van der Waals surface area contributed by atoms with Crippen LogP contribution in [-0.4, -0.2) is 37.0 Å². The molecule has 1 aromatic rings. The van der Waals surface area contributed by atoms with Gasteiger partial charge >= 0.3 is 0 Å². The van der Waals surface area contributed by atoms with Gasteiger partial charge in [-0.1, -0.05) is 19.4 Å². The van der Waals surface area contributed by atoms with Crippen molar-refractivity contribution in [2.45, 2.75) is 71.9 Å². The number of hydrogen-bond donors (Lipinski definition) is 3. The van der Waals surface area contributed by atoms with Crippen LogP contribution in [-0.2, 0) is 11.2 Å². The maximum atomic E-state index is 12.3. The number of halogens is 1. The van der Waals surface area contributed by atoms with Crippen LogP contribution in [0.3, 0.4) is 0 Å². The van der Waals surface area contributed by atoms with Gasteiger partial charge in [-0.3, -0.25) is 9.79 Å². The largest absolute Gasteiger partial charge is 0.357 e. The highest BCUT2D eigenvalue weighted by Gasteiger charge is 2.28. The van der Waals surface area contributed by atoms with Crippen molar-refractivity contribution in [2.24, 2.45) is 16.8 Å². The average Bonchev–Trinajstić information content (AvgIpc) is 3.12. The summed E-state index contributed by atoms with van der Waals surface area (Å²) in [4.78, 5) is 18.6. The van der Waals surface area contributed by atoms with E-state index in [0.717, 1.165) is 51.2 Å². The third kappa shape index (κ3) is 9.11. The minimum atomic E-state index is 0. The Kier molecular flexibility index (Phi) is 12.1. The molecule has 3 N–H and O–H groups in total. The Balaban J connectivity index is 0.00000392. The maximum Gasteiger partial charge on any atom is 0.223 e. The first kappa shape index (κ1) is 25.2. The molecule has 0 aliphatic heterocycles. The van der Waals surface area contributed by atoms with Crippen LogP contribution in [0, 0.1) is 11.8 Å². The second kappa shape index (κ2) is 13.4. The van der Waals surface area contributed by atoms with E-state index in [0.29, 0.717) is 12.0 Å². The second-order valence-corrected chi connectivity index (χ2v) is 9.01. The van der Waals surface area contributed by atoms with Gasteiger partial charge in [0.1, 0.15) is 0 Å². The molecule has 3 atom stereocenters. The highest BCUT2D eigenvalue weighted by molar-refractivity contribution is 14.0. The molecule has 160 valence electrons. The smallest absolute Gasteiger partial charge is 0.223 e. The zero-order chi connectivity index (χ0) is 19.6. The maximum absolute atomic E-state index is 12.3. The number of nitrogens with one attached hydrogen (secondary N) is 3. The molecule has 0 saturated heterocycles. The number of carbonyl (C=O) groups excluding carboxylic acids is 1. The fraction of sp³-hybridized carbons (Fsp3) is 0.714. The van der Waals surface area contributed by atoms with Gasteiger partial charge in [-0.25, -0.2) is 0 Å². The van der Waals surface area contributed by atoms with E-state index in [-0.39, 0.29) is 41.8 Å². The Morgan fingerprint density at radius 1 is 1.32 bits per heavy atom. The molecule has 1 saturated carbocycles. The summed E-state index contributed by atoms with van der Waals surface area (Å²) in [6.07, 6.45) is 5.13. The zero-order valence-corrected chi connectivity index (χ0v) is 20.8. The van der Waals surface area contributed by atoms with Gasteiger partial charge in [0.2, 0.25) is 5.91 Å². The number of carbonyl (C=O) groups is 1. The molecule has 7 heteroatoms. The first-order chi connectivity index (χ1) is 13.0. The quantitative estimate of drug-likeness (QED) is 0.274. The number of nitrogens with zero attached hydrogens (tertiary/aromatic N) is 1. The molecule has 1 aliphatic carbocycles. The van der Waals surface area contributed by atoms with Crippen molar-refractivity contribution in [1.29, 1.82) is 0 Å². The van der Waals surface area contributed by atoms with Gasteiger partial charge in [0.25, 0.3) is 0 Å². The molecule has 1 heterocycles. The van der Waals surface area contributed by atoms with Crippen molar-refractivity contribution in [3.8, 4) is 0 Å². The van der Waals surface area contributed by atoms with Crippen LogP contribution < -0.4 is 16.0 Å². The van der Waals surface area contributed by atoms with Crippen LogP contribution in [0.1, 0.15) is 58.3 Å². The van der Waals surface area contributed by atoms with E-state index in [1.807, 2.05) is 25.2 Å². The monoisotopic (exact) mass is 520 g/mol. The number of rotatable bonds is 8. The molecule has 1 fully saturated rings. The summed E-state index contributed by atoms with van der Waals surface area (Å²) in [5, 5.41) is 12.1. The zero-order valence-electron chi connectivity index (χ0n) is 17.7. The Bertz CT molecular complexity index is 591. The number of aliphatic imine (C=N–C) groups is 1. The van der Waals surface area contributed by atoms with Crippen LogP contribution in [0.15, 0.2) is 22.5 Å². The molecule has 28 heavy (non-hydrogen) atoms. The van der Waals surface area contributed by atoms with Crippen molar-refractivity contribution in [3.05, 3.63) is 22.4 Å². The standard InChI is InChI=1S/C21H36N4OS.HI/c1-5-22-21(23-14-16(4)12-19-10-7-11-27-19)25-18-9-6-8-17(13-18)20(26)24-15(2)3;/h7,10-11,15-18H,5-6,8-9,12-14H2,1-4H3,(H,24,26)(H2,22,23,25);1H. The van der Waals surface area contributed by atoms with Gasteiger partial charge in [0.05, 0.1) is 0 Å². The topological polar surface area (TPSA) is 65.5 Å². The van der Waals surface area contributed by atoms with Gasteiger partial charge in [-0.15, -0.1) is 35.3 Å². The van der Waals surface area contributed by atoms with Gasteiger partial charge in [-0.2, -0.15) is 0 Å². The number of guanidine groups is 1. The summed E-state index contributed by atoms with van der Waals surface area (Å²) in [7, 11) is 0. The fourth-order valence-corrected chi connectivity index (χ4v) is 4.43. The molecule has 0 spiro atoms. The molecule has 0 aromatic carbocycles. The number of hydrogen-bond acceptors (Lipinski definition) is 3. The van der Waals surface area contributed by atoms with Gasteiger partial charge in [-0.05, 0) is 63.8 Å². The lowest BCUT2D eigenvalue weighted by molar-refractivity contribution is -0.126. The lowest BCUT2D eigenvalue weighted by Crippen LogP contribution is -2.47. The van der Waals surface area contributed by atoms with Crippen molar-refractivity contribution in [1.82, 2.24) is 16.0 Å². The van der Waals surface area contributed by atoms with Crippen molar-refractivity contribution < 1.29 is 4.79 Å². The van der Waals surface area contributed by atoms with E-state index in [4.69, 9.17) is 4.99 Å². The predicted octanol–water partition coefficient (Wildman–Crippen LogP) is 4.18. The van der Waals surface area contributed by atoms with Gasteiger partial charge in [0, 0.05) is 36.0 Å². The minimum Gasteiger partial charge on any atom is -0.357 e.